The predicted octanol–water partition coefficient (Wildman–Crippen LogP) is 4.39. The molecule has 19 heavy (non-hydrogen) atoms. The number of nitro groups is 1. The van der Waals surface area contributed by atoms with Crippen LogP contribution in [-0.2, 0) is 0 Å². The van der Waals surface area contributed by atoms with Gasteiger partial charge in [-0.1, -0.05) is 22.9 Å². The summed E-state index contributed by atoms with van der Waals surface area (Å²) >= 11 is 7.45. The predicted molar refractivity (Wildman–Crippen MR) is 83.3 cm³/mol. The van der Waals surface area contributed by atoms with E-state index in [1.807, 2.05) is 13.0 Å². The Balaban J connectivity index is 2.75. The average Bonchev–Trinajstić information content (AvgIpc) is 2.31. The molecule has 0 aliphatic heterocycles. The van der Waals surface area contributed by atoms with Crippen molar-refractivity contribution in [3.05, 3.63) is 32.3 Å². The molecular weight excluding hydrogens is 330 g/mol. The van der Waals surface area contributed by atoms with Crippen LogP contribution in [0.3, 0.4) is 0 Å². The fourth-order valence-corrected chi connectivity index (χ4v) is 2.76. The van der Waals surface area contributed by atoms with E-state index in [4.69, 9.17) is 4.74 Å². The molecule has 0 bridgehead atoms. The standard InChI is InChI=1S/C13H18BrNO3S/c1-9(4-6-19)3-5-18-13-10(2)7-11(14)8-12(13)15(16)17/h7-9,19H,3-6H2,1-2H3. The fourth-order valence-electron chi connectivity index (χ4n) is 1.76. The molecule has 106 valence electrons. The maximum absolute atomic E-state index is 11.0. The SMILES string of the molecule is Cc1cc(Br)cc([N+](=O)[O-])c1OCCC(C)CCS. The van der Waals surface area contributed by atoms with Crippen LogP contribution in [0.4, 0.5) is 5.69 Å². The molecule has 1 aromatic carbocycles. The van der Waals surface area contributed by atoms with Crippen molar-refractivity contribution in [2.45, 2.75) is 26.7 Å². The highest BCUT2D eigenvalue weighted by Crippen LogP contribution is 2.34. The Morgan fingerprint density at radius 1 is 1.47 bits per heavy atom. The first-order chi connectivity index (χ1) is 8.95. The zero-order chi connectivity index (χ0) is 14.4. The Morgan fingerprint density at radius 3 is 2.74 bits per heavy atom. The molecule has 1 unspecified atom stereocenters. The third-order valence-corrected chi connectivity index (χ3v) is 3.61. The van der Waals surface area contributed by atoms with Crippen molar-refractivity contribution in [2.75, 3.05) is 12.4 Å². The molecule has 0 aliphatic rings. The summed E-state index contributed by atoms with van der Waals surface area (Å²) in [6.07, 6.45) is 1.89. The maximum Gasteiger partial charge on any atom is 0.312 e. The highest BCUT2D eigenvalue weighted by Gasteiger charge is 2.19. The molecule has 6 heteroatoms. The molecule has 0 fully saturated rings. The van der Waals surface area contributed by atoms with Gasteiger partial charge < -0.3 is 4.74 Å². The van der Waals surface area contributed by atoms with Gasteiger partial charge in [0.1, 0.15) is 0 Å². The van der Waals surface area contributed by atoms with Crippen LogP contribution in [0.2, 0.25) is 0 Å². The minimum absolute atomic E-state index is 0.00808. The van der Waals surface area contributed by atoms with Crippen molar-refractivity contribution in [3.63, 3.8) is 0 Å². The van der Waals surface area contributed by atoms with Gasteiger partial charge in [-0.15, -0.1) is 0 Å². The Morgan fingerprint density at radius 2 is 2.16 bits per heavy atom. The van der Waals surface area contributed by atoms with Crippen LogP contribution in [-0.4, -0.2) is 17.3 Å². The van der Waals surface area contributed by atoms with E-state index in [1.165, 1.54) is 6.07 Å². The van der Waals surface area contributed by atoms with Gasteiger partial charge in [-0.3, -0.25) is 10.1 Å². The number of benzene rings is 1. The van der Waals surface area contributed by atoms with Crippen molar-refractivity contribution in [3.8, 4) is 5.75 Å². The first kappa shape index (κ1) is 16.3. The van der Waals surface area contributed by atoms with Gasteiger partial charge in [0.15, 0.2) is 5.75 Å². The first-order valence-corrected chi connectivity index (χ1v) is 7.56. The zero-order valence-electron chi connectivity index (χ0n) is 11.1. The van der Waals surface area contributed by atoms with Gasteiger partial charge in [-0.2, -0.15) is 12.6 Å². The maximum atomic E-state index is 11.0. The number of rotatable bonds is 7. The number of nitro benzene ring substituents is 1. The van der Waals surface area contributed by atoms with Crippen molar-refractivity contribution < 1.29 is 9.66 Å². The van der Waals surface area contributed by atoms with E-state index in [0.717, 1.165) is 24.2 Å². The summed E-state index contributed by atoms with van der Waals surface area (Å²) in [5, 5.41) is 11.0. The number of thiol groups is 1. The van der Waals surface area contributed by atoms with Gasteiger partial charge >= 0.3 is 5.69 Å². The third-order valence-electron chi connectivity index (χ3n) is 2.90. The number of halogens is 1. The lowest BCUT2D eigenvalue weighted by Gasteiger charge is -2.13. The summed E-state index contributed by atoms with van der Waals surface area (Å²) in [4.78, 5) is 10.6. The molecule has 1 atom stereocenters. The monoisotopic (exact) mass is 347 g/mol. The van der Waals surface area contributed by atoms with Gasteiger partial charge in [0.25, 0.3) is 0 Å². The molecule has 0 saturated carbocycles. The van der Waals surface area contributed by atoms with E-state index in [1.54, 1.807) is 0 Å². The molecule has 0 amide bonds. The lowest BCUT2D eigenvalue weighted by atomic mass is 10.1. The molecule has 1 aromatic rings. The average molecular weight is 348 g/mol. The molecule has 0 saturated heterocycles. The second-order valence-corrected chi connectivity index (χ2v) is 5.95. The Kier molecular flexibility index (Phi) is 6.65. The molecule has 0 aliphatic carbocycles. The topological polar surface area (TPSA) is 52.4 Å². The van der Waals surface area contributed by atoms with Gasteiger partial charge in [-0.25, -0.2) is 0 Å². The Hall–Kier alpha value is -0.750. The van der Waals surface area contributed by atoms with Gasteiger partial charge in [0.05, 0.1) is 11.5 Å². The molecule has 4 nitrogen and oxygen atoms in total. The molecule has 0 spiro atoms. The van der Waals surface area contributed by atoms with Gasteiger partial charge in [0.2, 0.25) is 0 Å². The van der Waals surface area contributed by atoms with E-state index in [2.05, 4.69) is 35.5 Å². The van der Waals surface area contributed by atoms with Gasteiger partial charge in [-0.05, 0) is 43.1 Å². The van der Waals surface area contributed by atoms with E-state index in [9.17, 15) is 10.1 Å². The molecule has 0 N–H and O–H groups in total. The van der Waals surface area contributed by atoms with Crippen LogP contribution in [0.25, 0.3) is 0 Å². The van der Waals surface area contributed by atoms with Crippen molar-refractivity contribution >= 4 is 34.2 Å². The number of aryl methyl sites for hydroxylation is 1. The van der Waals surface area contributed by atoms with Crippen molar-refractivity contribution in [2.24, 2.45) is 5.92 Å². The van der Waals surface area contributed by atoms with Crippen LogP contribution in [0, 0.1) is 23.0 Å². The quantitative estimate of drug-likeness (QED) is 0.452. The number of ether oxygens (including phenoxy) is 1. The fraction of sp³-hybridized carbons (Fsp3) is 0.538. The summed E-state index contributed by atoms with van der Waals surface area (Å²) in [5.41, 5.74) is 0.775. The number of hydrogen-bond acceptors (Lipinski definition) is 4. The summed E-state index contributed by atoms with van der Waals surface area (Å²) in [6, 6.07) is 3.29. The Bertz CT molecular complexity index is 454. The summed E-state index contributed by atoms with van der Waals surface area (Å²) in [7, 11) is 0. The number of nitrogens with zero attached hydrogens (tertiary/aromatic N) is 1. The van der Waals surface area contributed by atoms with Crippen molar-refractivity contribution in [1.82, 2.24) is 0 Å². The molecule has 0 aromatic heterocycles. The van der Waals surface area contributed by atoms with Crippen LogP contribution >= 0.6 is 28.6 Å². The van der Waals surface area contributed by atoms with E-state index < -0.39 is 4.92 Å². The number of hydrogen-bond donors (Lipinski definition) is 1. The largest absolute Gasteiger partial charge is 0.487 e. The van der Waals surface area contributed by atoms with Gasteiger partial charge in [0, 0.05) is 10.5 Å². The van der Waals surface area contributed by atoms with Crippen LogP contribution in [0.5, 0.6) is 5.75 Å². The minimum Gasteiger partial charge on any atom is -0.487 e. The highest BCUT2D eigenvalue weighted by molar-refractivity contribution is 9.10. The Labute approximate surface area is 127 Å². The van der Waals surface area contributed by atoms with E-state index >= 15 is 0 Å². The van der Waals surface area contributed by atoms with E-state index in [-0.39, 0.29) is 5.69 Å². The summed E-state index contributed by atoms with van der Waals surface area (Å²) < 4.78 is 6.30. The smallest absolute Gasteiger partial charge is 0.312 e. The normalized spacial score (nSPS) is 12.2. The second kappa shape index (κ2) is 7.75. The second-order valence-electron chi connectivity index (χ2n) is 4.58. The summed E-state index contributed by atoms with van der Waals surface area (Å²) in [5.74, 6) is 1.72. The molecular formula is C13H18BrNO3S. The highest BCUT2D eigenvalue weighted by atomic mass is 79.9. The van der Waals surface area contributed by atoms with E-state index in [0.29, 0.717) is 22.7 Å². The molecule has 1 rings (SSSR count). The van der Waals surface area contributed by atoms with Crippen LogP contribution < -0.4 is 4.74 Å². The van der Waals surface area contributed by atoms with Crippen molar-refractivity contribution in [1.29, 1.82) is 0 Å². The summed E-state index contributed by atoms with van der Waals surface area (Å²) in [6.45, 7) is 4.42. The zero-order valence-corrected chi connectivity index (χ0v) is 13.5. The lowest BCUT2D eigenvalue weighted by Crippen LogP contribution is -2.07. The lowest BCUT2D eigenvalue weighted by molar-refractivity contribution is -0.386. The van der Waals surface area contributed by atoms with Crippen LogP contribution in [0.15, 0.2) is 16.6 Å². The molecule has 0 heterocycles. The molecule has 0 radical (unpaired) electrons. The van der Waals surface area contributed by atoms with Crippen LogP contribution in [0.1, 0.15) is 25.3 Å². The third kappa shape index (κ3) is 5.03. The minimum atomic E-state index is -0.412. The first-order valence-electron chi connectivity index (χ1n) is 6.14.